The summed E-state index contributed by atoms with van der Waals surface area (Å²) >= 11 is 0. The van der Waals surface area contributed by atoms with Gasteiger partial charge in [-0.3, -0.25) is 0 Å². The van der Waals surface area contributed by atoms with Gasteiger partial charge in [-0.15, -0.1) is 0 Å². The van der Waals surface area contributed by atoms with E-state index in [4.69, 9.17) is 9.26 Å². The molecule has 0 saturated heterocycles. The van der Waals surface area contributed by atoms with Crippen LogP contribution in [-0.4, -0.2) is 19.7 Å². The van der Waals surface area contributed by atoms with Crippen LogP contribution in [0.25, 0.3) is 23.0 Å². The Morgan fingerprint density at radius 3 is 2.71 bits per heavy atom. The van der Waals surface area contributed by atoms with Gasteiger partial charge in [0.25, 0.3) is 5.89 Å². The van der Waals surface area contributed by atoms with Crippen LogP contribution in [0.5, 0.6) is 0 Å². The number of aromatic nitrogens is 4. The molecule has 0 fully saturated rings. The van der Waals surface area contributed by atoms with Crippen molar-refractivity contribution >= 4 is 0 Å². The summed E-state index contributed by atoms with van der Waals surface area (Å²) in [5.41, 5.74) is 2.77. The Balaban J connectivity index is 1.42. The second kappa shape index (κ2) is 6.65. The maximum absolute atomic E-state index is 13.4. The van der Waals surface area contributed by atoms with Crippen molar-refractivity contribution in [1.29, 1.82) is 0 Å². The van der Waals surface area contributed by atoms with E-state index in [9.17, 15) is 8.78 Å². The third-order valence-corrected chi connectivity index (χ3v) is 4.68. The quantitative estimate of drug-likeness (QED) is 0.534. The molecule has 0 amide bonds. The maximum Gasteiger partial charge on any atom is 0.278 e. The summed E-state index contributed by atoms with van der Waals surface area (Å²) in [6, 6.07) is 12.2. The molecule has 2 aromatic carbocycles. The van der Waals surface area contributed by atoms with Crippen molar-refractivity contribution in [2.45, 2.75) is 19.3 Å². The summed E-state index contributed by atoms with van der Waals surface area (Å²) in [6.45, 7) is 0.841. The molecule has 0 bridgehead atoms. The predicted octanol–water partition coefficient (Wildman–Crippen LogP) is 4.15. The molecule has 0 radical (unpaired) electrons. The normalized spacial score (nSPS) is 16.1. The average Bonchev–Trinajstić information content (AvgIpc) is 3.35. The van der Waals surface area contributed by atoms with Gasteiger partial charge in [0.2, 0.25) is 5.82 Å². The van der Waals surface area contributed by atoms with Gasteiger partial charge >= 0.3 is 0 Å². The average molecular weight is 380 g/mol. The van der Waals surface area contributed by atoms with Crippen LogP contribution in [-0.2, 0) is 17.9 Å². The standard InChI is InChI=1S/C20H14F2N4O2/c21-14-6-4-12(5-7-14)17-9-26-11-23-18(16(26)10-27-17)20-24-19(25-28-20)13-2-1-3-15(22)8-13/h1-8,11,17H,9-10H2/t17-/m1/s1. The minimum atomic E-state index is -0.372. The first-order valence-corrected chi connectivity index (χ1v) is 8.68. The number of ether oxygens (including phenoxy) is 1. The number of halogens is 2. The fourth-order valence-corrected chi connectivity index (χ4v) is 3.25. The van der Waals surface area contributed by atoms with Gasteiger partial charge in [0.05, 0.1) is 25.2 Å². The molecule has 0 aliphatic carbocycles. The minimum absolute atomic E-state index is 0.194. The highest BCUT2D eigenvalue weighted by Gasteiger charge is 2.26. The molecule has 0 unspecified atom stereocenters. The lowest BCUT2D eigenvalue weighted by Crippen LogP contribution is -2.20. The topological polar surface area (TPSA) is 66.0 Å². The van der Waals surface area contributed by atoms with E-state index in [1.54, 1.807) is 30.6 Å². The number of nitrogens with zero attached hydrogens (tertiary/aromatic N) is 4. The molecular formula is C20H14F2N4O2. The Bertz CT molecular complexity index is 1140. The lowest BCUT2D eigenvalue weighted by atomic mass is 10.1. The molecule has 1 atom stereocenters. The molecule has 1 aliphatic rings. The molecule has 2 aromatic heterocycles. The lowest BCUT2D eigenvalue weighted by Gasteiger charge is -2.25. The molecule has 0 saturated carbocycles. The molecule has 8 heteroatoms. The van der Waals surface area contributed by atoms with Gasteiger partial charge < -0.3 is 13.8 Å². The molecule has 0 spiro atoms. The Morgan fingerprint density at radius 1 is 1.04 bits per heavy atom. The predicted molar refractivity (Wildman–Crippen MR) is 94.8 cm³/mol. The molecule has 28 heavy (non-hydrogen) atoms. The Labute approximate surface area is 158 Å². The van der Waals surface area contributed by atoms with Gasteiger partial charge in [-0.2, -0.15) is 4.98 Å². The summed E-state index contributed by atoms with van der Waals surface area (Å²) in [5, 5.41) is 3.92. The minimum Gasteiger partial charge on any atom is -0.365 e. The number of fused-ring (bicyclic) bond motifs is 1. The first kappa shape index (κ1) is 16.8. The summed E-state index contributed by atoms with van der Waals surface area (Å²) < 4.78 is 39.8. The summed E-state index contributed by atoms with van der Waals surface area (Å²) in [5.74, 6) is -0.117. The molecule has 3 heterocycles. The van der Waals surface area contributed by atoms with Crippen LogP contribution in [0.15, 0.2) is 59.4 Å². The highest BCUT2D eigenvalue weighted by Crippen LogP contribution is 2.32. The third-order valence-electron chi connectivity index (χ3n) is 4.68. The Kier molecular flexibility index (Phi) is 3.98. The van der Waals surface area contributed by atoms with Crippen LogP contribution < -0.4 is 0 Å². The maximum atomic E-state index is 13.4. The van der Waals surface area contributed by atoms with Gasteiger partial charge in [0, 0.05) is 5.56 Å². The summed E-state index contributed by atoms with van der Waals surface area (Å²) in [6.07, 6.45) is 1.50. The van der Waals surface area contributed by atoms with Gasteiger partial charge in [-0.05, 0) is 29.8 Å². The number of rotatable bonds is 3. The van der Waals surface area contributed by atoms with Crippen molar-refractivity contribution in [1.82, 2.24) is 19.7 Å². The van der Waals surface area contributed by atoms with Crippen LogP contribution in [0, 0.1) is 11.6 Å². The van der Waals surface area contributed by atoms with Crippen LogP contribution in [0.4, 0.5) is 8.78 Å². The van der Waals surface area contributed by atoms with Gasteiger partial charge in [-0.1, -0.05) is 29.4 Å². The van der Waals surface area contributed by atoms with E-state index in [0.717, 1.165) is 11.3 Å². The van der Waals surface area contributed by atoms with Crippen LogP contribution >= 0.6 is 0 Å². The van der Waals surface area contributed by atoms with Gasteiger partial charge in [-0.25, -0.2) is 13.8 Å². The van der Waals surface area contributed by atoms with Crippen molar-refractivity contribution in [2.24, 2.45) is 0 Å². The molecular weight excluding hydrogens is 366 g/mol. The van der Waals surface area contributed by atoms with Crippen LogP contribution in [0.3, 0.4) is 0 Å². The van der Waals surface area contributed by atoms with Gasteiger partial charge in [0.1, 0.15) is 17.7 Å². The van der Waals surface area contributed by atoms with Crippen molar-refractivity contribution in [3.63, 3.8) is 0 Å². The van der Waals surface area contributed by atoms with Crippen molar-refractivity contribution in [3.05, 3.63) is 77.8 Å². The van der Waals surface area contributed by atoms with E-state index in [2.05, 4.69) is 15.1 Å². The van der Waals surface area contributed by atoms with Crippen molar-refractivity contribution < 1.29 is 18.0 Å². The van der Waals surface area contributed by atoms with E-state index in [1.807, 2.05) is 4.57 Å². The molecule has 4 aromatic rings. The molecule has 1 aliphatic heterocycles. The van der Waals surface area contributed by atoms with Crippen LogP contribution in [0.1, 0.15) is 17.4 Å². The zero-order chi connectivity index (χ0) is 19.1. The Morgan fingerprint density at radius 2 is 1.89 bits per heavy atom. The van der Waals surface area contributed by atoms with E-state index < -0.39 is 0 Å². The van der Waals surface area contributed by atoms with E-state index in [1.165, 1.54) is 24.3 Å². The molecule has 0 N–H and O–H groups in total. The number of benzene rings is 2. The fraction of sp³-hybridized carbons (Fsp3) is 0.150. The lowest BCUT2D eigenvalue weighted by molar-refractivity contribution is 0.00326. The zero-order valence-corrected chi connectivity index (χ0v) is 14.5. The van der Waals surface area contributed by atoms with E-state index >= 15 is 0 Å². The fourth-order valence-electron chi connectivity index (χ4n) is 3.25. The molecule has 6 nitrogen and oxygen atoms in total. The van der Waals surface area contributed by atoms with Crippen molar-refractivity contribution in [2.75, 3.05) is 0 Å². The van der Waals surface area contributed by atoms with E-state index in [-0.39, 0.29) is 29.5 Å². The SMILES string of the molecule is Fc1ccc([C@H]2Cn3cnc(-c4nc(-c5cccc(F)c5)no4)c3CO2)cc1. The Hall–Kier alpha value is -3.39. The second-order valence-electron chi connectivity index (χ2n) is 6.48. The van der Waals surface area contributed by atoms with E-state index in [0.29, 0.717) is 24.4 Å². The number of hydrogen-bond donors (Lipinski definition) is 0. The zero-order valence-electron chi connectivity index (χ0n) is 14.5. The smallest absolute Gasteiger partial charge is 0.278 e. The summed E-state index contributed by atoms with van der Waals surface area (Å²) in [4.78, 5) is 8.73. The molecule has 5 rings (SSSR count). The molecule has 140 valence electrons. The monoisotopic (exact) mass is 380 g/mol. The van der Waals surface area contributed by atoms with Crippen molar-refractivity contribution in [3.8, 4) is 23.0 Å². The first-order valence-electron chi connectivity index (χ1n) is 8.68. The largest absolute Gasteiger partial charge is 0.365 e. The number of imidazole rings is 1. The van der Waals surface area contributed by atoms with Gasteiger partial charge in [0.15, 0.2) is 5.69 Å². The highest BCUT2D eigenvalue weighted by atomic mass is 19.1. The van der Waals surface area contributed by atoms with Crippen LogP contribution in [0.2, 0.25) is 0 Å². The summed E-state index contributed by atoms with van der Waals surface area (Å²) in [7, 11) is 0. The highest BCUT2D eigenvalue weighted by molar-refractivity contribution is 5.59. The first-order chi connectivity index (χ1) is 13.7. The second-order valence-corrected chi connectivity index (χ2v) is 6.48. The number of hydrogen-bond acceptors (Lipinski definition) is 5. The third kappa shape index (κ3) is 2.97.